The van der Waals surface area contributed by atoms with Crippen LogP contribution in [0.3, 0.4) is 0 Å². The highest BCUT2D eigenvalue weighted by Crippen LogP contribution is 2.42. The minimum atomic E-state index is 0.642. The van der Waals surface area contributed by atoms with Crippen LogP contribution in [0, 0.1) is 0 Å². The lowest BCUT2D eigenvalue weighted by Gasteiger charge is -2.13. The lowest BCUT2D eigenvalue weighted by molar-refractivity contribution is 0.571. The van der Waals surface area contributed by atoms with E-state index >= 15 is 0 Å². The number of para-hydroxylation sites is 2. The molecule has 8 aromatic carbocycles. The molecule has 0 bridgehead atoms. The average molecular weight is 795 g/mol. The van der Waals surface area contributed by atoms with Crippen LogP contribution in [0.4, 0.5) is 0 Å². The molecule has 5 nitrogen and oxygen atoms in total. The van der Waals surface area contributed by atoms with Gasteiger partial charge in [0.15, 0.2) is 17.5 Å². The Balaban J connectivity index is 0.945. The van der Waals surface area contributed by atoms with Crippen LogP contribution in [-0.4, -0.2) is 19.5 Å². The standard InChI is InChI=1S/C57H38N4O/c1-4-15-37(16-5-1)43-35-48(40-17-6-2-7-18-40)53-45-21-10-12-24-49(45)61(50(53)36-43)44-33-31-39(32-34-44)38-27-29-42(30-28-38)56-58-55(41-19-8-3-9-20-41)59-57(60-56)47-23-14-26-52-54(47)46-22-11-13-25-51(46)62-52/h1-13,15-22,24-36H,14,23H2. The van der Waals surface area contributed by atoms with E-state index in [2.05, 4.69) is 181 Å². The minimum absolute atomic E-state index is 0.642. The van der Waals surface area contributed by atoms with Gasteiger partial charge < -0.3 is 8.98 Å². The van der Waals surface area contributed by atoms with Crippen LogP contribution in [0.5, 0.6) is 0 Å². The molecule has 0 saturated heterocycles. The molecule has 0 N–H and O–H groups in total. The Labute approximate surface area is 358 Å². The average Bonchev–Trinajstić information content (AvgIpc) is 3.91. The summed E-state index contributed by atoms with van der Waals surface area (Å²) in [6, 6.07) is 70.8. The smallest absolute Gasteiger partial charge is 0.164 e. The molecule has 0 amide bonds. The molecule has 12 rings (SSSR count). The molecule has 0 spiro atoms. The summed E-state index contributed by atoms with van der Waals surface area (Å²) >= 11 is 0. The topological polar surface area (TPSA) is 56.7 Å². The van der Waals surface area contributed by atoms with Gasteiger partial charge in [-0.3, -0.25) is 0 Å². The van der Waals surface area contributed by atoms with Crippen LogP contribution in [0.25, 0.3) is 106 Å². The lowest BCUT2D eigenvalue weighted by Crippen LogP contribution is -2.27. The molecule has 62 heavy (non-hydrogen) atoms. The number of fused-ring (bicyclic) bond motifs is 6. The Hall–Kier alpha value is -8.15. The molecule has 3 heterocycles. The van der Waals surface area contributed by atoms with Crippen LogP contribution < -0.4 is 10.6 Å². The van der Waals surface area contributed by atoms with Crippen LogP contribution in [0.1, 0.15) is 18.7 Å². The van der Waals surface area contributed by atoms with Crippen molar-refractivity contribution in [1.29, 1.82) is 0 Å². The van der Waals surface area contributed by atoms with Gasteiger partial charge in [-0.15, -0.1) is 0 Å². The van der Waals surface area contributed by atoms with E-state index in [0.29, 0.717) is 17.5 Å². The third kappa shape index (κ3) is 6.13. The highest BCUT2D eigenvalue weighted by atomic mass is 16.3. The Morgan fingerprint density at radius 2 is 0.952 bits per heavy atom. The Kier molecular flexibility index (Phi) is 8.56. The SMILES string of the molecule is C1=c2oc3ccccc3c2=C(c2nc(-c3ccccc3)nc(-c3ccc(-c4ccc(-n5c6ccccc6c6c(-c7ccccc7)cc(-c7ccccc7)cc65)cc4)cc3)n2)CC1. The first kappa shape index (κ1) is 35.8. The van der Waals surface area contributed by atoms with Crippen molar-refractivity contribution in [3.8, 4) is 61.8 Å². The molecule has 3 aromatic heterocycles. The number of hydrogen-bond donors (Lipinski definition) is 0. The van der Waals surface area contributed by atoms with Crippen molar-refractivity contribution in [1.82, 2.24) is 19.5 Å². The van der Waals surface area contributed by atoms with E-state index in [4.69, 9.17) is 19.4 Å². The summed E-state index contributed by atoms with van der Waals surface area (Å²) < 4.78 is 8.70. The summed E-state index contributed by atoms with van der Waals surface area (Å²) in [6.45, 7) is 0. The maximum Gasteiger partial charge on any atom is 0.164 e. The van der Waals surface area contributed by atoms with Crippen molar-refractivity contribution < 1.29 is 4.42 Å². The van der Waals surface area contributed by atoms with Gasteiger partial charge in [-0.1, -0.05) is 164 Å². The molecule has 0 aliphatic heterocycles. The number of aromatic nitrogens is 4. The van der Waals surface area contributed by atoms with Gasteiger partial charge in [0, 0.05) is 43.8 Å². The van der Waals surface area contributed by atoms with Crippen LogP contribution in [0.2, 0.25) is 0 Å². The lowest BCUT2D eigenvalue weighted by atomic mass is 9.94. The molecule has 5 heteroatoms. The molecule has 11 aromatic rings. The normalized spacial score (nSPS) is 12.5. The van der Waals surface area contributed by atoms with Gasteiger partial charge in [-0.25, -0.2) is 15.0 Å². The summed E-state index contributed by atoms with van der Waals surface area (Å²) in [7, 11) is 0. The largest absolute Gasteiger partial charge is 0.456 e. The van der Waals surface area contributed by atoms with E-state index < -0.39 is 0 Å². The first-order valence-electron chi connectivity index (χ1n) is 21.2. The number of hydrogen-bond acceptors (Lipinski definition) is 4. The van der Waals surface area contributed by atoms with Crippen LogP contribution >= 0.6 is 0 Å². The van der Waals surface area contributed by atoms with Crippen molar-refractivity contribution in [2.24, 2.45) is 0 Å². The molecule has 1 aliphatic carbocycles. The van der Waals surface area contributed by atoms with E-state index in [1.165, 1.54) is 44.1 Å². The molecule has 0 saturated carbocycles. The molecular weight excluding hydrogens is 757 g/mol. The predicted octanol–water partition coefficient (Wildman–Crippen LogP) is 12.8. The van der Waals surface area contributed by atoms with Gasteiger partial charge in [0.25, 0.3) is 0 Å². The molecule has 1 aliphatic rings. The quantitative estimate of drug-likeness (QED) is 0.161. The van der Waals surface area contributed by atoms with Crippen molar-refractivity contribution in [3.63, 3.8) is 0 Å². The van der Waals surface area contributed by atoms with E-state index in [1.54, 1.807) is 0 Å². The molecular formula is C57H38N4O. The fourth-order valence-electron chi connectivity index (χ4n) is 9.20. The maximum atomic E-state index is 6.29. The summed E-state index contributed by atoms with van der Waals surface area (Å²) in [4.78, 5) is 15.3. The van der Waals surface area contributed by atoms with Crippen LogP contribution in [-0.2, 0) is 0 Å². The monoisotopic (exact) mass is 794 g/mol. The highest BCUT2D eigenvalue weighted by molar-refractivity contribution is 6.17. The minimum Gasteiger partial charge on any atom is -0.456 e. The highest BCUT2D eigenvalue weighted by Gasteiger charge is 2.21. The summed E-state index contributed by atoms with van der Waals surface area (Å²) in [5.41, 5.74) is 15.2. The number of nitrogens with zero attached hydrogens (tertiary/aromatic N) is 4. The van der Waals surface area contributed by atoms with Gasteiger partial charge in [-0.2, -0.15) is 0 Å². The van der Waals surface area contributed by atoms with Crippen molar-refractivity contribution >= 4 is 44.4 Å². The zero-order valence-electron chi connectivity index (χ0n) is 33.7. The molecule has 0 atom stereocenters. The maximum absolute atomic E-state index is 6.29. The third-order valence-corrected chi connectivity index (χ3v) is 12.2. The predicted molar refractivity (Wildman–Crippen MR) is 253 cm³/mol. The number of benzene rings is 8. The number of furan rings is 1. The summed E-state index contributed by atoms with van der Waals surface area (Å²) in [5, 5.41) is 4.65. The fraction of sp³-hybridized carbons (Fsp3) is 0.0351. The molecule has 0 fully saturated rings. The number of rotatable bonds is 7. The van der Waals surface area contributed by atoms with E-state index in [1.807, 2.05) is 30.3 Å². The molecule has 0 radical (unpaired) electrons. The van der Waals surface area contributed by atoms with Gasteiger partial charge in [0.2, 0.25) is 0 Å². The second-order valence-corrected chi connectivity index (χ2v) is 15.9. The third-order valence-electron chi connectivity index (χ3n) is 12.2. The zero-order valence-corrected chi connectivity index (χ0v) is 33.7. The van der Waals surface area contributed by atoms with E-state index in [-0.39, 0.29) is 0 Å². The fourth-order valence-corrected chi connectivity index (χ4v) is 9.20. The van der Waals surface area contributed by atoms with E-state index in [9.17, 15) is 0 Å². The van der Waals surface area contributed by atoms with Gasteiger partial charge >= 0.3 is 0 Å². The Bertz CT molecular complexity index is 3590. The first-order valence-corrected chi connectivity index (χ1v) is 21.2. The van der Waals surface area contributed by atoms with Gasteiger partial charge in [0.05, 0.1) is 11.0 Å². The van der Waals surface area contributed by atoms with Crippen LogP contribution in [0.15, 0.2) is 205 Å². The van der Waals surface area contributed by atoms with Crippen molar-refractivity contribution in [3.05, 3.63) is 217 Å². The van der Waals surface area contributed by atoms with Gasteiger partial charge in [-0.05, 0) is 88.7 Å². The van der Waals surface area contributed by atoms with Crippen molar-refractivity contribution in [2.75, 3.05) is 0 Å². The summed E-state index contributed by atoms with van der Waals surface area (Å²) in [5.74, 6) is 1.98. The van der Waals surface area contributed by atoms with Crippen molar-refractivity contribution in [2.45, 2.75) is 12.8 Å². The summed E-state index contributed by atoms with van der Waals surface area (Å²) in [6.07, 6.45) is 3.86. The second-order valence-electron chi connectivity index (χ2n) is 15.9. The van der Waals surface area contributed by atoms with Gasteiger partial charge in [0.1, 0.15) is 11.0 Å². The Morgan fingerprint density at radius 1 is 0.419 bits per heavy atom. The second kappa shape index (κ2) is 14.8. The Morgan fingerprint density at radius 3 is 1.66 bits per heavy atom. The first-order chi connectivity index (χ1) is 30.7. The zero-order chi connectivity index (χ0) is 41.0. The molecule has 0 unspecified atom stereocenters. The molecule has 292 valence electrons. The van der Waals surface area contributed by atoms with E-state index in [0.717, 1.165) is 68.0 Å².